The van der Waals surface area contributed by atoms with Gasteiger partial charge in [-0.2, -0.15) is 0 Å². The van der Waals surface area contributed by atoms with Gasteiger partial charge < -0.3 is 15.3 Å². The number of hydrogen-bond donors (Lipinski definition) is 2. The quantitative estimate of drug-likeness (QED) is 0.778. The van der Waals surface area contributed by atoms with Crippen LogP contribution in [-0.2, 0) is 4.79 Å². The zero-order valence-corrected chi connectivity index (χ0v) is 12.2. The van der Waals surface area contributed by atoms with Crippen LogP contribution in [0.25, 0.3) is 0 Å². The van der Waals surface area contributed by atoms with Crippen molar-refractivity contribution in [2.45, 2.75) is 45.6 Å². The fourth-order valence-corrected chi connectivity index (χ4v) is 2.39. The summed E-state index contributed by atoms with van der Waals surface area (Å²) < 4.78 is 0. The molecule has 2 N–H and O–H groups in total. The second-order valence-electron chi connectivity index (χ2n) is 6.21. The topological polar surface area (TPSA) is 52.6 Å². The first-order chi connectivity index (χ1) is 8.38. The Bertz CT molecular complexity index is 273. The van der Waals surface area contributed by atoms with Crippen LogP contribution in [-0.4, -0.2) is 48.2 Å². The normalized spacial score (nSPS) is 22.6. The molecule has 0 aliphatic carbocycles. The number of hydrogen-bond acceptors (Lipinski definition) is 3. The number of likely N-dealkylation sites (N-methyl/N-ethyl adjacent to an activating group) is 1. The lowest BCUT2D eigenvalue weighted by atomic mass is 9.85. The number of nitrogens with one attached hydrogen (secondary N) is 1. The van der Waals surface area contributed by atoms with Crippen LogP contribution in [0.5, 0.6) is 0 Å². The van der Waals surface area contributed by atoms with E-state index in [1.165, 1.54) is 12.8 Å². The number of carbonyl (C=O) groups excluding carboxylic acids is 1. The Balaban J connectivity index is 2.48. The minimum atomic E-state index is -0.471. The number of carbonyl (C=O) groups is 1. The van der Waals surface area contributed by atoms with Gasteiger partial charge in [0, 0.05) is 13.5 Å². The molecule has 0 saturated carbocycles. The van der Waals surface area contributed by atoms with Gasteiger partial charge in [-0.1, -0.05) is 6.92 Å². The summed E-state index contributed by atoms with van der Waals surface area (Å²) in [6.45, 7) is 8.07. The van der Waals surface area contributed by atoms with E-state index in [9.17, 15) is 9.90 Å². The highest BCUT2D eigenvalue weighted by Crippen LogP contribution is 2.24. The van der Waals surface area contributed by atoms with Gasteiger partial charge in [0.15, 0.2) is 0 Å². The minimum absolute atomic E-state index is 0.00535. The predicted octanol–water partition coefficient (Wildman–Crippen LogP) is 1.24. The number of amides is 1. The van der Waals surface area contributed by atoms with Crippen molar-refractivity contribution in [3.05, 3.63) is 0 Å². The van der Waals surface area contributed by atoms with Crippen molar-refractivity contribution in [1.82, 2.24) is 10.2 Å². The molecule has 1 aliphatic heterocycles. The highest BCUT2D eigenvalue weighted by molar-refractivity contribution is 5.77. The summed E-state index contributed by atoms with van der Waals surface area (Å²) in [6.07, 6.45) is 3.00. The average molecular weight is 256 g/mol. The third kappa shape index (κ3) is 3.95. The van der Waals surface area contributed by atoms with Gasteiger partial charge in [-0.15, -0.1) is 0 Å². The van der Waals surface area contributed by atoms with Crippen LogP contribution in [0, 0.1) is 11.8 Å². The van der Waals surface area contributed by atoms with Crippen LogP contribution in [0.1, 0.15) is 40.0 Å². The summed E-state index contributed by atoms with van der Waals surface area (Å²) in [5, 5.41) is 12.7. The molecule has 1 saturated heterocycles. The molecule has 18 heavy (non-hydrogen) atoms. The first-order valence-electron chi connectivity index (χ1n) is 6.96. The second-order valence-corrected chi connectivity index (χ2v) is 6.21. The molecule has 0 spiro atoms. The Hall–Kier alpha value is -0.610. The van der Waals surface area contributed by atoms with Gasteiger partial charge in [-0.3, -0.25) is 4.79 Å². The Labute approximate surface area is 111 Å². The third-order valence-electron chi connectivity index (χ3n) is 4.31. The highest BCUT2D eigenvalue weighted by atomic mass is 16.3. The van der Waals surface area contributed by atoms with Crippen LogP contribution < -0.4 is 5.32 Å². The van der Waals surface area contributed by atoms with Crippen molar-refractivity contribution in [2.24, 2.45) is 11.8 Å². The van der Waals surface area contributed by atoms with E-state index in [1.807, 2.05) is 13.8 Å². The molecule has 1 aliphatic rings. The van der Waals surface area contributed by atoms with Crippen molar-refractivity contribution in [2.75, 3.05) is 26.7 Å². The van der Waals surface area contributed by atoms with E-state index in [0.29, 0.717) is 18.3 Å². The van der Waals surface area contributed by atoms with E-state index in [-0.39, 0.29) is 12.5 Å². The van der Waals surface area contributed by atoms with Gasteiger partial charge >= 0.3 is 0 Å². The van der Waals surface area contributed by atoms with E-state index in [4.69, 9.17) is 0 Å². The molecule has 106 valence electrons. The molecule has 1 amide bonds. The molecule has 4 nitrogen and oxygen atoms in total. The molecule has 2 atom stereocenters. The zero-order valence-electron chi connectivity index (χ0n) is 12.2. The van der Waals surface area contributed by atoms with Crippen molar-refractivity contribution >= 4 is 5.91 Å². The van der Waals surface area contributed by atoms with Gasteiger partial charge in [0.1, 0.15) is 0 Å². The number of aliphatic hydroxyl groups is 1. The van der Waals surface area contributed by atoms with Gasteiger partial charge in [0.2, 0.25) is 5.91 Å². The maximum atomic E-state index is 12.2. The SMILES string of the molecule is CC(CC(=O)N(C)C(C)(C)CO)C1CCCNC1. The summed E-state index contributed by atoms with van der Waals surface area (Å²) in [5.74, 6) is 1.14. The first kappa shape index (κ1) is 15.4. The fraction of sp³-hybridized carbons (Fsp3) is 0.929. The lowest BCUT2D eigenvalue weighted by molar-refractivity contribution is -0.137. The highest BCUT2D eigenvalue weighted by Gasteiger charge is 2.29. The lowest BCUT2D eigenvalue weighted by Crippen LogP contribution is -2.48. The van der Waals surface area contributed by atoms with Crippen molar-refractivity contribution < 1.29 is 9.90 Å². The monoisotopic (exact) mass is 256 g/mol. The molecule has 1 rings (SSSR count). The van der Waals surface area contributed by atoms with Crippen molar-refractivity contribution in [1.29, 1.82) is 0 Å². The maximum Gasteiger partial charge on any atom is 0.223 e. The van der Waals surface area contributed by atoms with E-state index >= 15 is 0 Å². The van der Waals surface area contributed by atoms with Crippen LogP contribution >= 0.6 is 0 Å². The maximum absolute atomic E-state index is 12.2. The molecule has 0 aromatic heterocycles. The molecule has 2 unspecified atom stereocenters. The third-order valence-corrected chi connectivity index (χ3v) is 4.31. The molecule has 1 fully saturated rings. The van der Waals surface area contributed by atoms with E-state index in [0.717, 1.165) is 13.1 Å². The minimum Gasteiger partial charge on any atom is -0.394 e. The van der Waals surface area contributed by atoms with Gasteiger partial charge in [-0.25, -0.2) is 0 Å². The fourth-order valence-electron chi connectivity index (χ4n) is 2.39. The predicted molar refractivity (Wildman–Crippen MR) is 73.3 cm³/mol. The summed E-state index contributed by atoms with van der Waals surface area (Å²) in [7, 11) is 1.78. The second kappa shape index (κ2) is 6.53. The Morgan fingerprint density at radius 3 is 2.72 bits per heavy atom. The van der Waals surface area contributed by atoms with Crippen molar-refractivity contribution in [3.8, 4) is 0 Å². The molecule has 0 bridgehead atoms. The van der Waals surface area contributed by atoms with Crippen LogP contribution in [0.4, 0.5) is 0 Å². The summed E-state index contributed by atoms with van der Waals surface area (Å²) >= 11 is 0. The number of nitrogens with zero attached hydrogens (tertiary/aromatic N) is 1. The smallest absolute Gasteiger partial charge is 0.223 e. The summed E-state index contributed by atoms with van der Waals surface area (Å²) in [6, 6.07) is 0. The standard InChI is InChI=1S/C14H28N2O2/c1-11(12-6-5-7-15-9-12)8-13(18)16(4)14(2,3)10-17/h11-12,15,17H,5-10H2,1-4H3. The molecule has 1 heterocycles. The van der Waals surface area contributed by atoms with Gasteiger partial charge in [0.05, 0.1) is 12.1 Å². The van der Waals surface area contributed by atoms with E-state index in [2.05, 4.69) is 12.2 Å². The van der Waals surface area contributed by atoms with Crippen molar-refractivity contribution in [3.63, 3.8) is 0 Å². The molecule has 4 heteroatoms. The van der Waals surface area contributed by atoms with Gasteiger partial charge in [-0.05, 0) is 51.6 Å². The van der Waals surface area contributed by atoms with E-state index in [1.54, 1.807) is 11.9 Å². The number of rotatable bonds is 5. The zero-order chi connectivity index (χ0) is 13.8. The molecule has 0 aromatic carbocycles. The molecule has 0 aromatic rings. The molecule has 0 radical (unpaired) electrons. The number of aliphatic hydroxyl groups excluding tert-OH is 1. The largest absolute Gasteiger partial charge is 0.394 e. The van der Waals surface area contributed by atoms with Gasteiger partial charge in [0.25, 0.3) is 0 Å². The Morgan fingerprint density at radius 1 is 1.56 bits per heavy atom. The van der Waals surface area contributed by atoms with Crippen LogP contribution in [0.15, 0.2) is 0 Å². The Kier molecular flexibility index (Phi) is 5.60. The molecular formula is C14H28N2O2. The Morgan fingerprint density at radius 2 is 2.22 bits per heavy atom. The average Bonchev–Trinajstić information content (AvgIpc) is 2.38. The van der Waals surface area contributed by atoms with Crippen LogP contribution in [0.2, 0.25) is 0 Å². The summed E-state index contributed by atoms with van der Waals surface area (Å²) in [4.78, 5) is 13.9. The molecular weight excluding hydrogens is 228 g/mol. The lowest BCUT2D eigenvalue weighted by Gasteiger charge is -2.36. The number of piperidine rings is 1. The van der Waals surface area contributed by atoms with E-state index < -0.39 is 5.54 Å². The van der Waals surface area contributed by atoms with Crippen LogP contribution in [0.3, 0.4) is 0 Å². The summed E-state index contributed by atoms with van der Waals surface area (Å²) in [5.41, 5.74) is -0.471. The first-order valence-corrected chi connectivity index (χ1v) is 6.96.